The van der Waals surface area contributed by atoms with Gasteiger partial charge in [-0.25, -0.2) is 13.1 Å². The number of benzene rings is 1. The Hall–Kier alpha value is -1.11. The molecule has 1 N–H and O–H groups in total. The minimum absolute atomic E-state index is 0.0262. The molecule has 5 nitrogen and oxygen atoms in total. The molecule has 1 aliphatic rings. The van der Waals surface area contributed by atoms with E-state index in [0.29, 0.717) is 18.9 Å². The third kappa shape index (κ3) is 3.31. The second-order valence-corrected chi connectivity index (χ2v) is 6.84. The van der Waals surface area contributed by atoms with Crippen molar-refractivity contribution in [1.82, 2.24) is 4.72 Å². The average molecular weight is 299 g/mol. The molecule has 1 atom stereocenters. The van der Waals surface area contributed by atoms with Crippen LogP contribution in [0.4, 0.5) is 0 Å². The smallest absolute Gasteiger partial charge is 0.244 e. The molecular formula is C14H21NO4S. The van der Waals surface area contributed by atoms with Gasteiger partial charge in [0.05, 0.1) is 13.2 Å². The van der Waals surface area contributed by atoms with Gasteiger partial charge in [-0.3, -0.25) is 0 Å². The van der Waals surface area contributed by atoms with Gasteiger partial charge in [-0.1, -0.05) is 6.07 Å². The van der Waals surface area contributed by atoms with E-state index in [1.54, 1.807) is 6.07 Å². The van der Waals surface area contributed by atoms with Crippen LogP contribution in [0.2, 0.25) is 0 Å². The summed E-state index contributed by atoms with van der Waals surface area (Å²) in [7, 11) is -2.11. The maximum absolute atomic E-state index is 12.4. The van der Waals surface area contributed by atoms with Crippen molar-refractivity contribution in [3.63, 3.8) is 0 Å². The molecule has 1 unspecified atom stereocenters. The zero-order valence-electron chi connectivity index (χ0n) is 12.1. The van der Waals surface area contributed by atoms with E-state index in [-0.39, 0.29) is 11.0 Å². The molecule has 112 valence electrons. The van der Waals surface area contributed by atoms with Crippen molar-refractivity contribution < 1.29 is 17.9 Å². The fourth-order valence-corrected chi connectivity index (χ4v) is 3.85. The van der Waals surface area contributed by atoms with E-state index < -0.39 is 10.0 Å². The molecule has 1 saturated heterocycles. The van der Waals surface area contributed by atoms with Crippen molar-refractivity contribution in [3.05, 3.63) is 23.3 Å². The summed E-state index contributed by atoms with van der Waals surface area (Å²) < 4.78 is 38.1. The monoisotopic (exact) mass is 299 g/mol. The number of nitrogens with one attached hydrogen (secondary N) is 1. The Morgan fingerprint density at radius 2 is 2.15 bits per heavy atom. The van der Waals surface area contributed by atoms with Gasteiger partial charge in [-0.2, -0.15) is 0 Å². The number of rotatable bonds is 5. The van der Waals surface area contributed by atoms with Crippen LogP contribution in [0.15, 0.2) is 17.0 Å². The van der Waals surface area contributed by atoms with E-state index in [9.17, 15) is 8.42 Å². The maximum atomic E-state index is 12.4. The Morgan fingerprint density at radius 1 is 1.40 bits per heavy atom. The molecule has 1 heterocycles. The van der Waals surface area contributed by atoms with Gasteiger partial charge in [-0.05, 0) is 43.9 Å². The minimum Gasteiger partial charge on any atom is -0.495 e. The van der Waals surface area contributed by atoms with E-state index in [2.05, 4.69) is 4.72 Å². The number of hydrogen-bond acceptors (Lipinski definition) is 4. The first-order chi connectivity index (χ1) is 9.44. The van der Waals surface area contributed by atoms with Crippen molar-refractivity contribution in [3.8, 4) is 5.75 Å². The van der Waals surface area contributed by atoms with Crippen LogP contribution >= 0.6 is 0 Å². The van der Waals surface area contributed by atoms with Gasteiger partial charge in [0.1, 0.15) is 10.6 Å². The Morgan fingerprint density at radius 3 is 2.75 bits per heavy atom. The standard InChI is InChI=1S/C14H21NO4S/c1-10-7-11(2)14(18-3)13(8-10)20(16,17)15-9-12-5-4-6-19-12/h7-8,12,15H,4-6,9H2,1-3H3. The van der Waals surface area contributed by atoms with Gasteiger partial charge >= 0.3 is 0 Å². The highest BCUT2D eigenvalue weighted by Crippen LogP contribution is 2.29. The van der Waals surface area contributed by atoms with E-state index in [1.165, 1.54) is 7.11 Å². The van der Waals surface area contributed by atoms with Gasteiger partial charge in [0.25, 0.3) is 0 Å². The molecule has 0 aromatic heterocycles. The van der Waals surface area contributed by atoms with E-state index in [1.807, 2.05) is 19.9 Å². The fourth-order valence-electron chi connectivity index (χ4n) is 2.46. The molecule has 0 amide bonds. The van der Waals surface area contributed by atoms with Crippen molar-refractivity contribution in [1.29, 1.82) is 0 Å². The molecule has 0 spiro atoms. The summed E-state index contributed by atoms with van der Waals surface area (Å²) in [5, 5.41) is 0. The summed E-state index contributed by atoms with van der Waals surface area (Å²) in [4.78, 5) is 0.190. The Bertz CT molecular complexity index is 577. The highest BCUT2D eigenvalue weighted by Gasteiger charge is 2.24. The molecule has 6 heteroatoms. The van der Waals surface area contributed by atoms with Crippen LogP contribution < -0.4 is 9.46 Å². The topological polar surface area (TPSA) is 64.6 Å². The van der Waals surface area contributed by atoms with Crippen LogP contribution in [-0.4, -0.2) is 34.8 Å². The fraction of sp³-hybridized carbons (Fsp3) is 0.571. The number of methoxy groups -OCH3 is 1. The number of aryl methyl sites for hydroxylation is 2. The molecule has 1 fully saturated rings. The summed E-state index contributed by atoms with van der Waals surface area (Å²) in [6.45, 7) is 4.72. The number of sulfonamides is 1. The van der Waals surface area contributed by atoms with Gasteiger partial charge in [0.2, 0.25) is 10.0 Å². The second-order valence-electron chi connectivity index (χ2n) is 5.10. The van der Waals surface area contributed by atoms with Gasteiger partial charge in [0.15, 0.2) is 0 Å². The molecule has 1 aromatic rings. The molecular weight excluding hydrogens is 278 g/mol. The maximum Gasteiger partial charge on any atom is 0.244 e. The summed E-state index contributed by atoms with van der Waals surface area (Å²) >= 11 is 0. The highest BCUT2D eigenvalue weighted by molar-refractivity contribution is 7.89. The van der Waals surface area contributed by atoms with Crippen molar-refractivity contribution in [2.45, 2.75) is 37.7 Å². The highest BCUT2D eigenvalue weighted by atomic mass is 32.2. The average Bonchev–Trinajstić information content (AvgIpc) is 2.89. The lowest BCUT2D eigenvalue weighted by Gasteiger charge is -2.15. The first-order valence-corrected chi connectivity index (χ1v) is 8.19. The van der Waals surface area contributed by atoms with E-state index in [4.69, 9.17) is 9.47 Å². The minimum atomic E-state index is -3.59. The Balaban J connectivity index is 2.24. The predicted octanol–water partition coefficient (Wildman–Crippen LogP) is 1.77. The normalized spacial score (nSPS) is 19.2. The quantitative estimate of drug-likeness (QED) is 0.900. The van der Waals surface area contributed by atoms with Gasteiger partial charge < -0.3 is 9.47 Å². The molecule has 2 rings (SSSR count). The molecule has 1 aromatic carbocycles. The van der Waals surface area contributed by atoms with Gasteiger partial charge in [0, 0.05) is 13.2 Å². The molecule has 0 bridgehead atoms. The largest absolute Gasteiger partial charge is 0.495 e. The molecule has 0 aliphatic carbocycles. The second kappa shape index (κ2) is 6.11. The summed E-state index contributed by atoms with van der Waals surface area (Å²) in [5.41, 5.74) is 1.70. The van der Waals surface area contributed by atoms with Crippen molar-refractivity contribution in [2.24, 2.45) is 0 Å². The van der Waals surface area contributed by atoms with Crippen molar-refractivity contribution in [2.75, 3.05) is 20.3 Å². The summed E-state index contributed by atoms with van der Waals surface area (Å²) in [6, 6.07) is 3.53. The summed E-state index contributed by atoms with van der Waals surface area (Å²) in [5.74, 6) is 0.399. The lowest BCUT2D eigenvalue weighted by molar-refractivity contribution is 0.114. The van der Waals surface area contributed by atoms with E-state index >= 15 is 0 Å². The molecule has 20 heavy (non-hydrogen) atoms. The first kappa shape index (κ1) is 15.3. The zero-order chi connectivity index (χ0) is 14.8. The molecule has 0 radical (unpaired) electrons. The predicted molar refractivity (Wildman–Crippen MR) is 76.6 cm³/mol. The third-order valence-corrected chi connectivity index (χ3v) is 4.83. The number of hydrogen-bond donors (Lipinski definition) is 1. The Kier molecular flexibility index (Phi) is 4.67. The van der Waals surface area contributed by atoms with Crippen LogP contribution in [0.3, 0.4) is 0 Å². The summed E-state index contributed by atoms with van der Waals surface area (Å²) in [6.07, 6.45) is 1.85. The van der Waals surface area contributed by atoms with Crippen LogP contribution in [0, 0.1) is 13.8 Å². The SMILES string of the molecule is COc1c(C)cc(C)cc1S(=O)(=O)NCC1CCCO1. The zero-order valence-corrected chi connectivity index (χ0v) is 12.9. The van der Waals surface area contributed by atoms with Crippen LogP contribution in [0.1, 0.15) is 24.0 Å². The lowest BCUT2D eigenvalue weighted by atomic mass is 10.1. The van der Waals surface area contributed by atoms with Gasteiger partial charge in [-0.15, -0.1) is 0 Å². The Labute approximate surface area is 120 Å². The van der Waals surface area contributed by atoms with Crippen molar-refractivity contribution >= 4 is 10.0 Å². The lowest BCUT2D eigenvalue weighted by Crippen LogP contribution is -2.32. The molecule has 0 saturated carbocycles. The third-order valence-electron chi connectivity index (χ3n) is 3.40. The van der Waals surface area contributed by atoms with E-state index in [0.717, 1.165) is 24.0 Å². The van der Waals surface area contributed by atoms with Crippen LogP contribution in [0.25, 0.3) is 0 Å². The van der Waals surface area contributed by atoms with Crippen LogP contribution in [-0.2, 0) is 14.8 Å². The number of ether oxygens (including phenoxy) is 2. The molecule has 1 aliphatic heterocycles. The first-order valence-electron chi connectivity index (χ1n) is 6.70. The van der Waals surface area contributed by atoms with Crippen LogP contribution in [0.5, 0.6) is 5.75 Å².